The van der Waals surface area contributed by atoms with Crippen LogP contribution < -0.4 is 11.3 Å². The first-order valence-electron chi connectivity index (χ1n) is 6.09. The molecule has 0 aromatic heterocycles. The van der Waals surface area contributed by atoms with Gasteiger partial charge in [-0.1, -0.05) is 13.0 Å². The number of thioether (sulfide) groups is 2. The van der Waals surface area contributed by atoms with Crippen LogP contribution in [0.25, 0.3) is 0 Å². The van der Waals surface area contributed by atoms with E-state index < -0.39 is 0 Å². The second-order valence-corrected chi connectivity index (χ2v) is 7.33. The van der Waals surface area contributed by atoms with Gasteiger partial charge in [0.2, 0.25) is 0 Å². The molecule has 3 atom stereocenters. The van der Waals surface area contributed by atoms with Gasteiger partial charge in [0.05, 0.1) is 6.04 Å². The molecule has 0 radical (unpaired) electrons. The molecule has 1 fully saturated rings. The molecular weight excluding hydrogens is 267 g/mol. The van der Waals surface area contributed by atoms with Gasteiger partial charge in [-0.05, 0) is 30.2 Å². The van der Waals surface area contributed by atoms with Crippen LogP contribution in [0.3, 0.4) is 0 Å². The van der Waals surface area contributed by atoms with E-state index >= 15 is 0 Å². The number of hydrogen-bond acceptors (Lipinski definition) is 4. The van der Waals surface area contributed by atoms with Crippen molar-refractivity contribution in [3.05, 3.63) is 35.1 Å². The molecule has 1 saturated heterocycles. The highest BCUT2D eigenvalue weighted by Gasteiger charge is 2.31. The summed E-state index contributed by atoms with van der Waals surface area (Å²) in [5, 5.41) is 0.904. The summed E-state index contributed by atoms with van der Waals surface area (Å²) >= 11 is 3.89. The number of hydrogen-bond donors (Lipinski definition) is 2. The predicted molar refractivity (Wildman–Crippen MR) is 79.4 cm³/mol. The molecule has 1 aliphatic rings. The molecule has 18 heavy (non-hydrogen) atoms. The van der Waals surface area contributed by atoms with Crippen LogP contribution in [-0.2, 0) is 0 Å². The Hall–Kier alpha value is -0.230. The molecule has 0 spiro atoms. The van der Waals surface area contributed by atoms with Gasteiger partial charge >= 0.3 is 0 Å². The molecule has 1 aliphatic heterocycles. The van der Waals surface area contributed by atoms with Crippen molar-refractivity contribution in [2.45, 2.75) is 30.4 Å². The Morgan fingerprint density at radius 3 is 2.78 bits per heavy atom. The van der Waals surface area contributed by atoms with E-state index in [0.717, 1.165) is 16.9 Å². The highest BCUT2D eigenvalue weighted by atomic mass is 32.2. The molecule has 1 aromatic rings. The molecule has 2 nitrogen and oxygen atoms in total. The van der Waals surface area contributed by atoms with Gasteiger partial charge in [0.1, 0.15) is 5.82 Å². The number of aryl methyl sites for hydroxylation is 1. The van der Waals surface area contributed by atoms with Gasteiger partial charge in [0.25, 0.3) is 0 Å². The van der Waals surface area contributed by atoms with Crippen LogP contribution in [0.5, 0.6) is 0 Å². The zero-order chi connectivity index (χ0) is 13.1. The van der Waals surface area contributed by atoms with Gasteiger partial charge in [0.15, 0.2) is 0 Å². The number of rotatable bonds is 3. The lowest BCUT2D eigenvalue weighted by atomic mass is 9.97. The number of halogens is 1. The first-order chi connectivity index (χ1) is 8.63. The van der Waals surface area contributed by atoms with Gasteiger partial charge < -0.3 is 0 Å². The maximum Gasteiger partial charge on any atom is 0.123 e. The van der Waals surface area contributed by atoms with E-state index in [0.29, 0.717) is 10.5 Å². The lowest BCUT2D eigenvalue weighted by molar-refractivity contribution is 0.519. The molecule has 0 aliphatic carbocycles. The van der Waals surface area contributed by atoms with Gasteiger partial charge in [-0.2, -0.15) is 23.5 Å². The van der Waals surface area contributed by atoms with Crippen molar-refractivity contribution in [2.75, 3.05) is 11.5 Å². The van der Waals surface area contributed by atoms with E-state index in [9.17, 15) is 4.39 Å². The third-order valence-corrected chi connectivity index (χ3v) is 6.52. The van der Waals surface area contributed by atoms with Crippen molar-refractivity contribution >= 4 is 23.5 Å². The van der Waals surface area contributed by atoms with E-state index in [1.54, 1.807) is 6.07 Å². The molecular formula is C13H19FN2S2. The van der Waals surface area contributed by atoms with Crippen molar-refractivity contribution in [3.63, 3.8) is 0 Å². The minimum absolute atomic E-state index is 0.00787. The lowest BCUT2D eigenvalue weighted by Crippen LogP contribution is -2.41. The van der Waals surface area contributed by atoms with Crippen LogP contribution in [0, 0.1) is 12.7 Å². The van der Waals surface area contributed by atoms with E-state index in [1.165, 1.54) is 11.8 Å². The molecule has 1 aromatic carbocycles. The Kier molecular flexibility index (Phi) is 4.95. The Balaban J connectivity index is 2.29. The van der Waals surface area contributed by atoms with Crippen LogP contribution in [0.4, 0.5) is 4.39 Å². The number of nitrogens with one attached hydrogen (secondary N) is 1. The van der Waals surface area contributed by atoms with Crippen molar-refractivity contribution in [3.8, 4) is 0 Å². The average Bonchev–Trinajstić information content (AvgIpc) is 2.36. The van der Waals surface area contributed by atoms with E-state index in [1.807, 2.05) is 36.5 Å². The molecule has 0 amide bonds. The van der Waals surface area contributed by atoms with Crippen molar-refractivity contribution < 1.29 is 4.39 Å². The molecule has 1 heterocycles. The van der Waals surface area contributed by atoms with Crippen molar-refractivity contribution in [2.24, 2.45) is 5.84 Å². The summed E-state index contributed by atoms with van der Waals surface area (Å²) < 4.78 is 13.4. The van der Waals surface area contributed by atoms with Gasteiger partial charge in [-0.15, -0.1) is 0 Å². The summed E-state index contributed by atoms with van der Waals surface area (Å²) in [6.45, 7) is 4.23. The lowest BCUT2D eigenvalue weighted by Gasteiger charge is -2.35. The fourth-order valence-corrected chi connectivity index (χ4v) is 5.24. The fourth-order valence-electron chi connectivity index (χ4n) is 2.32. The fraction of sp³-hybridized carbons (Fsp3) is 0.538. The second kappa shape index (κ2) is 6.28. The van der Waals surface area contributed by atoms with Gasteiger partial charge in [0, 0.05) is 22.0 Å². The van der Waals surface area contributed by atoms with E-state index in [4.69, 9.17) is 5.84 Å². The van der Waals surface area contributed by atoms with Crippen molar-refractivity contribution in [1.82, 2.24) is 5.43 Å². The average molecular weight is 286 g/mol. The van der Waals surface area contributed by atoms with E-state index in [2.05, 4.69) is 12.3 Å². The SMILES string of the molecule is Cc1ccc(F)cc1C(NN)C1SCCSC1C. The standard InChI is InChI=1S/C13H19FN2S2/c1-8-3-4-10(14)7-11(8)12(16-15)13-9(2)17-5-6-18-13/h3-4,7,9,12-13,16H,5-6,15H2,1-2H3. The largest absolute Gasteiger partial charge is 0.271 e. The maximum atomic E-state index is 13.4. The van der Waals surface area contributed by atoms with Gasteiger partial charge in [-0.25, -0.2) is 4.39 Å². The highest BCUT2D eigenvalue weighted by Crippen LogP contribution is 2.39. The number of hydrazine groups is 1. The smallest absolute Gasteiger partial charge is 0.123 e. The first-order valence-corrected chi connectivity index (χ1v) is 8.18. The number of nitrogens with two attached hydrogens (primary N) is 1. The molecule has 5 heteroatoms. The minimum atomic E-state index is -0.197. The molecule has 3 unspecified atom stereocenters. The summed E-state index contributed by atoms with van der Waals surface area (Å²) in [4.78, 5) is 0. The minimum Gasteiger partial charge on any atom is -0.271 e. The third-order valence-electron chi connectivity index (χ3n) is 3.32. The monoisotopic (exact) mass is 286 g/mol. The molecule has 3 N–H and O–H groups in total. The quantitative estimate of drug-likeness (QED) is 0.662. The zero-order valence-electron chi connectivity index (χ0n) is 10.7. The summed E-state index contributed by atoms with van der Waals surface area (Å²) in [6.07, 6.45) is 0. The van der Waals surface area contributed by atoms with Crippen LogP contribution >= 0.6 is 23.5 Å². The Morgan fingerprint density at radius 2 is 2.11 bits per heavy atom. The Labute approximate surface area is 116 Å². The second-order valence-electron chi connectivity index (χ2n) is 4.56. The van der Waals surface area contributed by atoms with Crippen LogP contribution in [0.1, 0.15) is 24.1 Å². The zero-order valence-corrected chi connectivity index (χ0v) is 12.3. The topological polar surface area (TPSA) is 38.0 Å². The van der Waals surface area contributed by atoms with Crippen molar-refractivity contribution in [1.29, 1.82) is 0 Å². The number of benzene rings is 1. The Bertz CT molecular complexity index is 414. The van der Waals surface area contributed by atoms with Crippen LogP contribution in [0.15, 0.2) is 18.2 Å². The molecule has 2 rings (SSSR count). The summed E-state index contributed by atoms with van der Waals surface area (Å²) in [6, 6.07) is 4.93. The van der Waals surface area contributed by atoms with E-state index in [-0.39, 0.29) is 11.9 Å². The molecule has 0 saturated carbocycles. The molecule has 0 bridgehead atoms. The molecule has 100 valence electrons. The summed E-state index contributed by atoms with van der Waals surface area (Å²) in [5.41, 5.74) is 4.95. The first kappa shape index (κ1) is 14.2. The van der Waals surface area contributed by atoms with Gasteiger partial charge in [-0.3, -0.25) is 11.3 Å². The highest BCUT2D eigenvalue weighted by molar-refractivity contribution is 8.07. The predicted octanol–water partition coefficient (Wildman–Crippen LogP) is 2.88. The van der Waals surface area contributed by atoms with Crippen LogP contribution in [-0.4, -0.2) is 22.0 Å². The Morgan fingerprint density at radius 1 is 1.39 bits per heavy atom. The normalized spacial score (nSPS) is 26.0. The summed E-state index contributed by atoms with van der Waals surface area (Å²) in [5.74, 6) is 7.84. The summed E-state index contributed by atoms with van der Waals surface area (Å²) in [7, 11) is 0. The van der Waals surface area contributed by atoms with Crippen LogP contribution in [0.2, 0.25) is 0 Å². The maximum absolute atomic E-state index is 13.4. The third kappa shape index (κ3) is 3.02.